The number of amides is 3. The summed E-state index contributed by atoms with van der Waals surface area (Å²) in [6, 6.07) is 1.31. The summed E-state index contributed by atoms with van der Waals surface area (Å²) in [4.78, 5) is 35.4. The molecule has 0 unspecified atom stereocenters. The number of halogens is 3. The number of hydrogen-bond donors (Lipinski definition) is 0. The fraction of sp³-hybridized carbons (Fsp3) is 0.385. The Hall–Kier alpha value is -2.65. The molecule has 0 bridgehead atoms. The summed E-state index contributed by atoms with van der Waals surface area (Å²) < 4.78 is 38.9. The number of carbonyl (C=O) groups excluding carboxylic acids is 2. The van der Waals surface area contributed by atoms with Gasteiger partial charge in [-0.25, -0.2) is 9.69 Å². The molecule has 0 N–H and O–H groups in total. The number of hydrogen-bond acceptors (Lipinski definition) is 4. The second kappa shape index (κ2) is 5.86. The molecule has 7 nitrogen and oxygen atoms in total. The first-order valence-electron chi connectivity index (χ1n) is 6.64. The number of rotatable bonds is 4. The number of alkyl halides is 3. The van der Waals surface area contributed by atoms with Gasteiger partial charge in [-0.15, -0.1) is 0 Å². The molecular weight excluding hydrogens is 319 g/mol. The minimum Gasteiger partial charge on any atom is -0.315 e. The van der Waals surface area contributed by atoms with E-state index in [1.807, 2.05) is 0 Å². The first-order chi connectivity index (χ1) is 10.7. The number of nitro groups is 1. The second-order valence-electron chi connectivity index (χ2n) is 4.89. The SMILES string of the molecule is CCCN1CC(=O)N(c2ccc([N+](=O)[O-])c(C(F)(F)F)c2)C1=O. The highest BCUT2D eigenvalue weighted by Gasteiger charge is 2.41. The lowest BCUT2D eigenvalue weighted by molar-refractivity contribution is -0.388. The van der Waals surface area contributed by atoms with Crippen LogP contribution in [0.15, 0.2) is 18.2 Å². The van der Waals surface area contributed by atoms with Gasteiger partial charge in [0.2, 0.25) is 0 Å². The molecule has 1 aliphatic rings. The van der Waals surface area contributed by atoms with E-state index in [0.717, 1.165) is 6.07 Å². The largest absolute Gasteiger partial charge is 0.423 e. The van der Waals surface area contributed by atoms with Gasteiger partial charge < -0.3 is 4.90 Å². The van der Waals surface area contributed by atoms with Crippen LogP contribution in [-0.2, 0) is 11.0 Å². The van der Waals surface area contributed by atoms with Crippen molar-refractivity contribution in [3.63, 3.8) is 0 Å². The number of anilines is 1. The lowest BCUT2D eigenvalue weighted by Gasteiger charge is -2.17. The molecule has 0 aliphatic carbocycles. The predicted octanol–water partition coefficient (Wildman–Crippen LogP) is 2.79. The van der Waals surface area contributed by atoms with Gasteiger partial charge in [-0.3, -0.25) is 14.9 Å². The van der Waals surface area contributed by atoms with Crippen LogP contribution in [-0.4, -0.2) is 34.9 Å². The number of nitro benzene ring substituents is 1. The molecule has 23 heavy (non-hydrogen) atoms. The number of nitrogens with zero attached hydrogens (tertiary/aromatic N) is 3. The van der Waals surface area contributed by atoms with E-state index in [-0.39, 0.29) is 12.2 Å². The molecule has 124 valence electrons. The van der Waals surface area contributed by atoms with Crippen molar-refractivity contribution in [2.75, 3.05) is 18.0 Å². The van der Waals surface area contributed by atoms with Gasteiger partial charge in [-0.05, 0) is 18.6 Å². The van der Waals surface area contributed by atoms with Crippen LogP contribution in [0, 0.1) is 10.1 Å². The predicted molar refractivity (Wildman–Crippen MR) is 72.8 cm³/mol. The number of benzene rings is 1. The van der Waals surface area contributed by atoms with Crippen LogP contribution in [0.3, 0.4) is 0 Å². The zero-order valence-corrected chi connectivity index (χ0v) is 12.0. The maximum absolute atomic E-state index is 13.0. The maximum atomic E-state index is 13.0. The molecule has 10 heteroatoms. The second-order valence-corrected chi connectivity index (χ2v) is 4.89. The van der Waals surface area contributed by atoms with Crippen LogP contribution in [0.2, 0.25) is 0 Å². The van der Waals surface area contributed by atoms with E-state index in [1.165, 1.54) is 4.90 Å². The first kappa shape index (κ1) is 16.7. The smallest absolute Gasteiger partial charge is 0.315 e. The third kappa shape index (κ3) is 3.10. The molecule has 2 rings (SSSR count). The van der Waals surface area contributed by atoms with E-state index in [0.29, 0.717) is 30.0 Å². The first-order valence-corrected chi connectivity index (χ1v) is 6.64. The van der Waals surface area contributed by atoms with Gasteiger partial charge in [0.15, 0.2) is 0 Å². The minimum atomic E-state index is -4.98. The summed E-state index contributed by atoms with van der Waals surface area (Å²) >= 11 is 0. The van der Waals surface area contributed by atoms with E-state index in [2.05, 4.69) is 0 Å². The quantitative estimate of drug-likeness (QED) is 0.482. The maximum Gasteiger partial charge on any atom is 0.423 e. The van der Waals surface area contributed by atoms with Gasteiger partial charge in [-0.1, -0.05) is 6.92 Å². The lowest BCUT2D eigenvalue weighted by Crippen LogP contribution is -2.33. The molecule has 1 fully saturated rings. The molecule has 0 atom stereocenters. The summed E-state index contributed by atoms with van der Waals surface area (Å²) in [6.45, 7) is 1.85. The highest BCUT2D eigenvalue weighted by molar-refractivity contribution is 6.19. The average molecular weight is 331 g/mol. The van der Waals surface area contributed by atoms with Crippen molar-refractivity contribution in [1.29, 1.82) is 0 Å². The Morgan fingerprint density at radius 3 is 2.48 bits per heavy atom. The molecule has 0 radical (unpaired) electrons. The summed E-state index contributed by atoms with van der Waals surface area (Å²) in [6.07, 6.45) is -4.39. The molecular formula is C13H12F3N3O4. The van der Waals surface area contributed by atoms with E-state index in [9.17, 15) is 32.9 Å². The summed E-state index contributed by atoms with van der Waals surface area (Å²) in [5.41, 5.74) is -2.98. The van der Waals surface area contributed by atoms with Crippen LogP contribution in [0.25, 0.3) is 0 Å². The molecule has 1 aromatic carbocycles. The number of imide groups is 1. The van der Waals surface area contributed by atoms with E-state index < -0.39 is 34.3 Å². The van der Waals surface area contributed by atoms with Gasteiger partial charge in [-0.2, -0.15) is 13.2 Å². The summed E-state index contributed by atoms with van der Waals surface area (Å²) in [7, 11) is 0. The third-order valence-corrected chi connectivity index (χ3v) is 3.27. The lowest BCUT2D eigenvalue weighted by atomic mass is 10.1. The Labute approximate surface area is 128 Å². The molecule has 0 spiro atoms. The molecule has 1 aromatic rings. The van der Waals surface area contributed by atoms with Crippen molar-refractivity contribution in [1.82, 2.24) is 4.90 Å². The van der Waals surface area contributed by atoms with Crippen molar-refractivity contribution in [3.05, 3.63) is 33.9 Å². The minimum absolute atomic E-state index is 0.231. The van der Waals surface area contributed by atoms with Crippen LogP contribution < -0.4 is 4.90 Å². The highest BCUT2D eigenvalue weighted by atomic mass is 19.4. The topological polar surface area (TPSA) is 83.8 Å². The molecule has 1 saturated heterocycles. The highest BCUT2D eigenvalue weighted by Crippen LogP contribution is 2.38. The van der Waals surface area contributed by atoms with Crippen LogP contribution in [0.4, 0.5) is 29.3 Å². The van der Waals surface area contributed by atoms with Gasteiger partial charge in [0, 0.05) is 12.6 Å². The Bertz CT molecular complexity index is 675. The van der Waals surface area contributed by atoms with Crippen molar-refractivity contribution >= 4 is 23.3 Å². The van der Waals surface area contributed by atoms with Crippen molar-refractivity contribution in [2.45, 2.75) is 19.5 Å². The zero-order chi connectivity index (χ0) is 17.4. The van der Waals surface area contributed by atoms with Crippen molar-refractivity contribution in [2.24, 2.45) is 0 Å². The van der Waals surface area contributed by atoms with E-state index in [1.54, 1.807) is 6.92 Å². The van der Waals surface area contributed by atoms with Crippen molar-refractivity contribution < 1.29 is 27.7 Å². The standard InChI is InChI=1S/C13H12F3N3O4/c1-2-5-17-7-11(20)18(12(17)21)8-3-4-10(19(22)23)9(6-8)13(14,15)16/h3-4,6H,2,5,7H2,1H3. The van der Waals surface area contributed by atoms with E-state index >= 15 is 0 Å². The summed E-state index contributed by atoms with van der Waals surface area (Å²) in [5, 5.41) is 10.7. The van der Waals surface area contributed by atoms with Crippen LogP contribution >= 0.6 is 0 Å². The fourth-order valence-corrected chi connectivity index (χ4v) is 2.30. The van der Waals surface area contributed by atoms with Gasteiger partial charge in [0.25, 0.3) is 11.6 Å². The monoisotopic (exact) mass is 331 g/mol. The Morgan fingerprint density at radius 2 is 1.96 bits per heavy atom. The third-order valence-electron chi connectivity index (χ3n) is 3.27. The van der Waals surface area contributed by atoms with Gasteiger partial charge in [0.1, 0.15) is 12.1 Å². The average Bonchev–Trinajstić information content (AvgIpc) is 2.72. The molecule has 3 amide bonds. The van der Waals surface area contributed by atoms with Gasteiger partial charge in [0.05, 0.1) is 10.6 Å². The van der Waals surface area contributed by atoms with Crippen molar-refractivity contribution in [3.8, 4) is 0 Å². The van der Waals surface area contributed by atoms with Crippen LogP contribution in [0.5, 0.6) is 0 Å². The summed E-state index contributed by atoms with van der Waals surface area (Å²) in [5.74, 6) is -0.676. The molecule has 0 aromatic heterocycles. The van der Waals surface area contributed by atoms with E-state index in [4.69, 9.17) is 0 Å². The van der Waals surface area contributed by atoms with Crippen LogP contribution in [0.1, 0.15) is 18.9 Å². The Morgan fingerprint density at radius 1 is 1.30 bits per heavy atom. The normalized spacial score (nSPS) is 15.5. The molecule has 0 saturated carbocycles. The fourth-order valence-electron chi connectivity index (χ4n) is 2.30. The molecule has 1 heterocycles. The molecule has 1 aliphatic heterocycles. The Kier molecular flexibility index (Phi) is 4.26. The zero-order valence-electron chi connectivity index (χ0n) is 12.0. The number of carbonyl (C=O) groups is 2. The van der Waals surface area contributed by atoms with Gasteiger partial charge >= 0.3 is 12.2 Å². The Balaban J connectivity index is 2.47. The number of urea groups is 1.